The van der Waals surface area contributed by atoms with E-state index in [0.717, 1.165) is 11.1 Å². The number of benzene rings is 2. The third-order valence-electron chi connectivity index (χ3n) is 5.99. The van der Waals surface area contributed by atoms with Crippen molar-refractivity contribution in [3.8, 4) is 0 Å². The number of fused-ring (bicyclic) bond motifs is 1. The highest BCUT2D eigenvalue weighted by atomic mass is 16.5. The van der Waals surface area contributed by atoms with Gasteiger partial charge in [0, 0.05) is 5.69 Å². The topological polar surface area (TPSA) is 92.8 Å². The summed E-state index contributed by atoms with van der Waals surface area (Å²) in [6.45, 7) is 3.50. The number of ether oxygens (including phenoxy) is 1. The van der Waals surface area contributed by atoms with Crippen molar-refractivity contribution >= 4 is 35.1 Å². The maximum Gasteiger partial charge on any atom is 0.338 e. The first-order valence-electron chi connectivity index (χ1n) is 10.5. The Morgan fingerprint density at radius 2 is 1.56 bits per heavy atom. The summed E-state index contributed by atoms with van der Waals surface area (Å²) in [5.74, 6) is -2.14. The first-order chi connectivity index (χ1) is 15.3. The Morgan fingerprint density at radius 1 is 0.938 bits per heavy atom. The van der Waals surface area contributed by atoms with Gasteiger partial charge in [0.1, 0.15) is 0 Å². The number of nitrogens with zero attached hydrogens (tertiary/aromatic N) is 1. The highest BCUT2D eigenvalue weighted by molar-refractivity contribution is 6.22. The number of rotatable bonds is 5. The molecule has 1 aliphatic carbocycles. The Labute approximate surface area is 186 Å². The molecule has 2 aromatic carbocycles. The minimum Gasteiger partial charge on any atom is -0.452 e. The van der Waals surface area contributed by atoms with E-state index in [0.29, 0.717) is 24.2 Å². The van der Waals surface area contributed by atoms with Crippen LogP contribution >= 0.6 is 0 Å². The van der Waals surface area contributed by atoms with E-state index in [-0.39, 0.29) is 29.2 Å². The van der Waals surface area contributed by atoms with Crippen LogP contribution in [0.5, 0.6) is 0 Å². The first-order valence-corrected chi connectivity index (χ1v) is 10.5. The van der Waals surface area contributed by atoms with Crippen LogP contribution in [0.25, 0.3) is 0 Å². The van der Waals surface area contributed by atoms with Gasteiger partial charge in [-0.3, -0.25) is 19.3 Å². The van der Waals surface area contributed by atoms with Crippen molar-refractivity contribution in [2.45, 2.75) is 26.7 Å². The number of carbonyl (C=O) groups is 4. The van der Waals surface area contributed by atoms with Crippen molar-refractivity contribution in [1.29, 1.82) is 0 Å². The molecule has 2 aliphatic rings. The lowest BCUT2D eigenvalue weighted by Gasteiger charge is -2.15. The van der Waals surface area contributed by atoms with Crippen LogP contribution in [-0.4, -0.2) is 30.3 Å². The largest absolute Gasteiger partial charge is 0.452 e. The SMILES string of the molecule is Cc1ccc(NC(=O)COC(=O)c2ccc(N3C(=O)[C@H]4CC=CC[C@@H]4C3=O)cc2)cc1C. The number of allylic oxidation sites excluding steroid dienone is 2. The summed E-state index contributed by atoms with van der Waals surface area (Å²) in [6, 6.07) is 11.6. The summed E-state index contributed by atoms with van der Waals surface area (Å²) in [4.78, 5) is 50.9. The van der Waals surface area contributed by atoms with Crippen molar-refractivity contribution < 1.29 is 23.9 Å². The lowest BCUT2D eigenvalue weighted by molar-refractivity contribution is -0.122. The van der Waals surface area contributed by atoms with Crippen LogP contribution < -0.4 is 10.2 Å². The predicted octanol–water partition coefficient (Wildman–Crippen LogP) is 3.55. The van der Waals surface area contributed by atoms with Gasteiger partial charge in [-0.2, -0.15) is 0 Å². The molecule has 1 heterocycles. The molecule has 0 radical (unpaired) electrons. The quantitative estimate of drug-likeness (QED) is 0.443. The molecule has 0 aromatic heterocycles. The van der Waals surface area contributed by atoms with E-state index in [4.69, 9.17) is 4.74 Å². The van der Waals surface area contributed by atoms with E-state index in [2.05, 4.69) is 5.32 Å². The minimum absolute atomic E-state index is 0.206. The van der Waals surface area contributed by atoms with E-state index in [9.17, 15) is 19.2 Å². The zero-order chi connectivity index (χ0) is 22.8. The zero-order valence-corrected chi connectivity index (χ0v) is 18.0. The van der Waals surface area contributed by atoms with Crippen molar-refractivity contribution in [2.24, 2.45) is 11.8 Å². The molecule has 1 aliphatic heterocycles. The molecule has 164 valence electrons. The van der Waals surface area contributed by atoms with Gasteiger partial charge < -0.3 is 10.1 Å². The third kappa shape index (κ3) is 4.19. The van der Waals surface area contributed by atoms with Gasteiger partial charge in [-0.25, -0.2) is 4.79 Å². The fourth-order valence-corrected chi connectivity index (χ4v) is 4.03. The van der Waals surface area contributed by atoms with Crippen LogP contribution in [-0.2, 0) is 19.1 Å². The van der Waals surface area contributed by atoms with Crippen LogP contribution in [0.2, 0.25) is 0 Å². The number of aryl methyl sites for hydroxylation is 2. The van der Waals surface area contributed by atoms with Crippen LogP contribution in [0, 0.1) is 25.7 Å². The fourth-order valence-electron chi connectivity index (χ4n) is 4.03. The van der Waals surface area contributed by atoms with E-state index < -0.39 is 18.5 Å². The molecule has 0 saturated carbocycles. The van der Waals surface area contributed by atoms with Crippen LogP contribution in [0.4, 0.5) is 11.4 Å². The van der Waals surface area contributed by atoms with Gasteiger partial charge in [0.05, 0.1) is 23.1 Å². The Balaban J connectivity index is 1.35. The molecule has 2 aromatic rings. The molecular formula is C25H24N2O5. The van der Waals surface area contributed by atoms with E-state index in [1.807, 2.05) is 38.1 Å². The molecule has 0 unspecified atom stereocenters. The van der Waals surface area contributed by atoms with E-state index >= 15 is 0 Å². The molecule has 4 rings (SSSR count). The first kappa shape index (κ1) is 21.5. The van der Waals surface area contributed by atoms with Crippen molar-refractivity contribution in [3.05, 3.63) is 71.3 Å². The molecule has 7 nitrogen and oxygen atoms in total. The molecule has 1 N–H and O–H groups in total. The number of amides is 3. The molecule has 0 spiro atoms. The number of nitrogens with one attached hydrogen (secondary N) is 1. The number of hydrogen-bond donors (Lipinski definition) is 1. The number of carbonyl (C=O) groups excluding carboxylic acids is 4. The van der Waals surface area contributed by atoms with E-state index in [1.165, 1.54) is 17.0 Å². The van der Waals surface area contributed by atoms with Crippen molar-refractivity contribution in [3.63, 3.8) is 0 Å². The van der Waals surface area contributed by atoms with Gasteiger partial charge in [-0.1, -0.05) is 18.2 Å². The number of hydrogen-bond acceptors (Lipinski definition) is 5. The van der Waals surface area contributed by atoms with Crippen molar-refractivity contribution in [2.75, 3.05) is 16.8 Å². The third-order valence-corrected chi connectivity index (χ3v) is 5.99. The normalized spacial score (nSPS) is 19.6. The molecule has 7 heteroatoms. The van der Waals surface area contributed by atoms with Crippen LogP contribution in [0.1, 0.15) is 34.3 Å². The highest BCUT2D eigenvalue weighted by Gasteiger charge is 2.47. The predicted molar refractivity (Wildman–Crippen MR) is 119 cm³/mol. The molecule has 1 saturated heterocycles. The van der Waals surface area contributed by atoms with Crippen LogP contribution in [0.3, 0.4) is 0 Å². The molecule has 1 fully saturated rings. The average Bonchev–Trinajstić information content (AvgIpc) is 3.05. The fraction of sp³-hybridized carbons (Fsp3) is 0.280. The van der Waals surface area contributed by atoms with Crippen molar-refractivity contribution in [1.82, 2.24) is 0 Å². The standard InChI is InChI=1S/C25H24N2O5/c1-15-7-10-18(13-16(15)2)26-22(28)14-32-25(31)17-8-11-19(12-9-17)27-23(29)20-5-3-4-6-21(20)24(27)30/h3-4,7-13,20-21H,5-6,14H2,1-2H3,(H,26,28)/t20-,21-/m0/s1. The summed E-state index contributed by atoms with van der Waals surface area (Å²) in [5, 5.41) is 2.69. The Hall–Kier alpha value is -3.74. The summed E-state index contributed by atoms with van der Waals surface area (Å²) < 4.78 is 5.09. The Morgan fingerprint density at radius 3 is 2.16 bits per heavy atom. The lowest BCUT2D eigenvalue weighted by Crippen LogP contribution is -2.30. The molecule has 2 atom stereocenters. The Bertz CT molecular complexity index is 1090. The van der Waals surface area contributed by atoms with Crippen LogP contribution in [0.15, 0.2) is 54.6 Å². The molecule has 0 bridgehead atoms. The monoisotopic (exact) mass is 432 g/mol. The van der Waals surface area contributed by atoms with Gasteiger partial charge in [0.25, 0.3) is 5.91 Å². The Kier molecular flexibility index (Phi) is 5.90. The van der Waals surface area contributed by atoms with Gasteiger partial charge in [0.15, 0.2) is 6.61 Å². The molecular weight excluding hydrogens is 408 g/mol. The second kappa shape index (κ2) is 8.78. The van der Waals surface area contributed by atoms with Gasteiger partial charge in [-0.05, 0) is 74.2 Å². The minimum atomic E-state index is -0.663. The smallest absolute Gasteiger partial charge is 0.338 e. The second-order valence-electron chi connectivity index (χ2n) is 8.14. The maximum absolute atomic E-state index is 12.7. The second-order valence-corrected chi connectivity index (χ2v) is 8.14. The summed E-state index contributed by atoms with van der Waals surface area (Å²) in [5.41, 5.74) is 3.45. The lowest BCUT2D eigenvalue weighted by atomic mass is 9.85. The molecule has 3 amide bonds. The van der Waals surface area contributed by atoms with E-state index in [1.54, 1.807) is 18.2 Å². The summed E-state index contributed by atoms with van der Waals surface area (Å²) in [6.07, 6.45) is 5.01. The van der Waals surface area contributed by atoms with Gasteiger partial charge >= 0.3 is 5.97 Å². The average molecular weight is 432 g/mol. The maximum atomic E-state index is 12.7. The van der Waals surface area contributed by atoms with Gasteiger partial charge in [-0.15, -0.1) is 0 Å². The van der Waals surface area contributed by atoms with Gasteiger partial charge in [0.2, 0.25) is 11.8 Å². The highest BCUT2D eigenvalue weighted by Crippen LogP contribution is 2.37. The number of imide groups is 1. The summed E-state index contributed by atoms with van der Waals surface area (Å²) in [7, 11) is 0. The molecule has 32 heavy (non-hydrogen) atoms. The number of esters is 1. The zero-order valence-electron chi connectivity index (χ0n) is 18.0. The summed E-state index contributed by atoms with van der Waals surface area (Å²) >= 11 is 0. The number of anilines is 2.